The van der Waals surface area contributed by atoms with Crippen LogP contribution in [0.5, 0.6) is 0 Å². The Morgan fingerprint density at radius 3 is 2.57 bits per heavy atom. The van der Waals surface area contributed by atoms with Crippen molar-refractivity contribution in [3.63, 3.8) is 0 Å². The molecule has 0 atom stereocenters. The number of anilines is 1. The van der Waals surface area contributed by atoms with Crippen LogP contribution in [-0.4, -0.2) is 42.6 Å². The monoisotopic (exact) mass is 191 g/mol. The molecule has 0 bridgehead atoms. The number of hydrogen-bond donors (Lipinski definition) is 0. The third-order valence-corrected chi connectivity index (χ3v) is 2.79. The van der Waals surface area contributed by atoms with Gasteiger partial charge in [0, 0.05) is 32.4 Å². The number of hydrogen-bond acceptors (Lipinski definition) is 3. The Kier molecular flexibility index (Phi) is 2.99. The van der Waals surface area contributed by atoms with Crippen LogP contribution in [0.2, 0.25) is 0 Å². The second-order valence-corrected chi connectivity index (χ2v) is 3.61. The molecule has 0 radical (unpaired) electrons. The van der Waals surface area contributed by atoms with Crippen molar-refractivity contribution in [1.82, 2.24) is 9.88 Å². The molecule has 1 saturated heterocycles. The normalized spacial score (nSPS) is 18.5. The van der Waals surface area contributed by atoms with Crippen molar-refractivity contribution in [2.75, 3.05) is 37.6 Å². The van der Waals surface area contributed by atoms with Crippen LogP contribution in [0.1, 0.15) is 6.92 Å². The molecule has 0 aliphatic carbocycles. The minimum absolute atomic E-state index is 1.10. The summed E-state index contributed by atoms with van der Waals surface area (Å²) in [6.07, 6.45) is 1.86. The molecule has 0 unspecified atom stereocenters. The van der Waals surface area contributed by atoms with E-state index in [0.717, 1.165) is 38.5 Å². The van der Waals surface area contributed by atoms with Gasteiger partial charge in [-0.2, -0.15) is 0 Å². The second-order valence-electron chi connectivity index (χ2n) is 3.61. The first-order valence-electron chi connectivity index (χ1n) is 5.28. The zero-order chi connectivity index (χ0) is 9.80. The van der Waals surface area contributed by atoms with Crippen molar-refractivity contribution in [2.45, 2.75) is 6.92 Å². The van der Waals surface area contributed by atoms with Gasteiger partial charge in [-0.05, 0) is 18.7 Å². The molecule has 1 aliphatic rings. The van der Waals surface area contributed by atoms with Crippen LogP contribution in [0.15, 0.2) is 24.4 Å². The van der Waals surface area contributed by atoms with Gasteiger partial charge in [-0.25, -0.2) is 4.98 Å². The number of likely N-dealkylation sites (N-methyl/N-ethyl adjacent to an activating group) is 1. The molecule has 1 aliphatic heterocycles. The highest BCUT2D eigenvalue weighted by Gasteiger charge is 2.15. The Labute approximate surface area is 85.4 Å². The van der Waals surface area contributed by atoms with Gasteiger partial charge in [0.25, 0.3) is 0 Å². The van der Waals surface area contributed by atoms with Crippen molar-refractivity contribution in [3.05, 3.63) is 24.4 Å². The predicted octanol–water partition coefficient (Wildman–Crippen LogP) is 1.22. The minimum Gasteiger partial charge on any atom is -0.354 e. The molecule has 2 rings (SSSR count). The molecule has 0 saturated carbocycles. The fraction of sp³-hybridized carbons (Fsp3) is 0.545. The van der Waals surface area contributed by atoms with E-state index in [-0.39, 0.29) is 0 Å². The van der Waals surface area contributed by atoms with Gasteiger partial charge in [-0.3, -0.25) is 0 Å². The zero-order valence-electron chi connectivity index (χ0n) is 8.69. The number of rotatable bonds is 2. The lowest BCUT2D eigenvalue weighted by atomic mass is 10.3. The van der Waals surface area contributed by atoms with Crippen molar-refractivity contribution in [1.29, 1.82) is 0 Å². The first-order valence-corrected chi connectivity index (χ1v) is 5.28. The van der Waals surface area contributed by atoms with Crippen molar-refractivity contribution in [2.24, 2.45) is 0 Å². The molecule has 0 amide bonds. The quantitative estimate of drug-likeness (QED) is 0.700. The van der Waals surface area contributed by atoms with Crippen LogP contribution in [0.25, 0.3) is 0 Å². The summed E-state index contributed by atoms with van der Waals surface area (Å²) in [5.74, 6) is 1.11. The molecule has 2 heterocycles. The number of nitrogens with zero attached hydrogens (tertiary/aromatic N) is 3. The van der Waals surface area contributed by atoms with Gasteiger partial charge in [0.1, 0.15) is 5.82 Å². The molecule has 1 aromatic rings. The van der Waals surface area contributed by atoms with Crippen LogP contribution >= 0.6 is 0 Å². The highest BCUT2D eigenvalue weighted by molar-refractivity contribution is 5.38. The van der Waals surface area contributed by atoms with Crippen molar-refractivity contribution < 1.29 is 0 Å². The molecular weight excluding hydrogens is 174 g/mol. The molecule has 1 fully saturated rings. The lowest BCUT2D eigenvalue weighted by molar-refractivity contribution is 0.270. The third-order valence-electron chi connectivity index (χ3n) is 2.79. The SMILES string of the molecule is CCN1CCN(c2ccccn2)CC1. The highest BCUT2D eigenvalue weighted by Crippen LogP contribution is 2.11. The maximum absolute atomic E-state index is 4.36. The Morgan fingerprint density at radius 2 is 2.00 bits per heavy atom. The van der Waals surface area contributed by atoms with E-state index in [1.54, 1.807) is 0 Å². The molecule has 14 heavy (non-hydrogen) atoms. The van der Waals surface area contributed by atoms with Gasteiger partial charge < -0.3 is 9.80 Å². The standard InChI is InChI=1S/C11H17N3/c1-2-13-7-9-14(10-8-13)11-5-3-4-6-12-11/h3-6H,2,7-10H2,1H3. The Bertz CT molecular complexity index is 265. The number of piperazine rings is 1. The summed E-state index contributed by atoms with van der Waals surface area (Å²) in [7, 11) is 0. The second kappa shape index (κ2) is 4.42. The minimum atomic E-state index is 1.10. The summed E-state index contributed by atoms with van der Waals surface area (Å²) in [6.45, 7) is 7.91. The molecule has 0 N–H and O–H groups in total. The molecule has 0 aromatic carbocycles. The third kappa shape index (κ3) is 2.04. The zero-order valence-corrected chi connectivity index (χ0v) is 8.69. The summed E-state index contributed by atoms with van der Waals surface area (Å²) < 4.78 is 0. The van der Waals surface area contributed by atoms with Gasteiger partial charge in [-0.1, -0.05) is 13.0 Å². The fourth-order valence-corrected chi connectivity index (χ4v) is 1.83. The maximum atomic E-state index is 4.36. The Balaban J connectivity index is 1.96. The average Bonchev–Trinajstić information content (AvgIpc) is 2.30. The predicted molar refractivity (Wildman–Crippen MR) is 58.6 cm³/mol. The van der Waals surface area contributed by atoms with E-state index in [0.29, 0.717) is 0 Å². The van der Waals surface area contributed by atoms with E-state index in [1.807, 2.05) is 12.3 Å². The van der Waals surface area contributed by atoms with Gasteiger partial charge in [0.05, 0.1) is 0 Å². The van der Waals surface area contributed by atoms with Gasteiger partial charge in [-0.15, -0.1) is 0 Å². The summed E-state index contributed by atoms with van der Waals surface area (Å²) in [6, 6.07) is 6.10. The van der Waals surface area contributed by atoms with E-state index >= 15 is 0 Å². The molecular formula is C11H17N3. The molecule has 3 nitrogen and oxygen atoms in total. The van der Waals surface area contributed by atoms with Crippen LogP contribution in [0.3, 0.4) is 0 Å². The molecule has 3 heteroatoms. The summed E-state index contributed by atoms with van der Waals surface area (Å²) in [5, 5.41) is 0. The smallest absolute Gasteiger partial charge is 0.128 e. The van der Waals surface area contributed by atoms with Crippen LogP contribution in [-0.2, 0) is 0 Å². The average molecular weight is 191 g/mol. The molecule has 0 spiro atoms. The van der Waals surface area contributed by atoms with Gasteiger partial charge in [0.15, 0.2) is 0 Å². The van der Waals surface area contributed by atoms with E-state index in [1.165, 1.54) is 0 Å². The fourth-order valence-electron chi connectivity index (χ4n) is 1.83. The van der Waals surface area contributed by atoms with E-state index < -0.39 is 0 Å². The number of pyridine rings is 1. The first-order chi connectivity index (χ1) is 6.90. The van der Waals surface area contributed by atoms with Crippen LogP contribution < -0.4 is 4.90 Å². The van der Waals surface area contributed by atoms with Crippen LogP contribution in [0, 0.1) is 0 Å². The van der Waals surface area contributed by atoms with Gasteiger partial charge in [0.2, 0.25) is 0 Å². The highest BCUT2D eigenvalue weighted by atomic mass is 15.3. The summed E-state index contributed by atoms with van der Waals surface area (Å²) in [4.78, 5) is 9.19. The topological polar surface area (TPSA) is 19.4 Å². The lowest BCUT2D eigenvalue weighted by Gasteiger charge is -2.34. The number of aromatic nitrogens is 1. The van der Waals surface area contributed by atoms with Crippen molar-refractivity contribution >= 4 is 5.82 Å². The molecule has 1 aromatic heterocycles. The Hall–Kier alpha value is -1.09. The summed E-state index contributed by atoms with van der Waals surface area (Å²) >= 11 is 0. The van der Waals surface area contributed by atoms with E-state index in [9.17, 15) is 0 Å². The lowest BCUT2D eigenvalue weighted by Crippen LogP contribution is -2.46. The van der Waals surface area contributed by atoms with Crippen LogP contribution in [0.4, 0.5) is 5.82 Å². The first kappa shape index (κ1) is 9.46. The van der Waals surface area contributed by atoms with Crippen molar-refractivity contribution in [3.8, 4) is 0 Å². The van der Waals surface area contributed by atoms with Gasteiger partial charge >= 0.3 is 0 Å². The Morgan fingerprint density at radius 1 is 1.21 bits per heavy atom. The summed E-state index contributed by atoms with van der Waals surface area (Å²) in [5.41, 5.74) is 0. The largest absolute Gasteiger partial charge is 0.354 e. The van der Waals surface area contributed by atoms with E-state index in [4.69, 9.17) is 0 Å². The maximum Gasteiger partial charge on any atom is 0.128 e. The molecule has 76 valence electrons. The van der Waals surface area contributed by atoms with E-state index in [2.05, 4.69) is 33.8 Å².